The van der Waals surface area contributed by atoms with Crippen LogP contribution in [0, 0.1) is 0 Å². The van der Waals surface area contributed by atoms with Gasteiger partial charge in [0.1, 0.15) is 0 Å². The zero-order valence-electron chi connectivity index (χ0n) is 14.7. The van der Waals surface area contributed by atoms with E-state index in [9.17, 15) is 9.59 Å². The summed E-state index contributed by atoms with van der Waals surface area (Å²) < 4.78 is 4.76. The number of hydrogen-bond acceptors (Lipinski definition) is 6. The van der Waals surface area contributed by atoms with E-state index in [2.05, 4.69) is 21.7 Å². The summed E-state index contributed by atoms with van der Waals surface area (Å²) in [5, 5.41) is 4.18. The quantitative estimate of drug-likeness (QED) is 0.269. The summed E-state index contributed by atoms with van der Waals surface area (Å²) in [5.41, 5.74) is 2.26. The van der Waals surface area contributed by atoms with Crippen LogP contribution in [0.3, 0.4) is 0 Å². The Bertz CT molecular complexity index is 681. The molecule has 26 heavy (non-hydrogen) atoms. The topological polar surface area (TPSA) is 71.1 Å². The summed E-state index contributed by atoms with van der Waals surface area (Å²) in [6.45, 7) is 2.32. The van der Waals surface area contributed by atoms with Gasteiger partial charge in [0.2, 0.25) is 0 Å². The van der Waals surface area contributed by atoms with Crippen molar-refractivity contribution in [3.63, 3.8) is 0 Å². The van der Waals surface area contributed by atoms with Crippen molar-refractivity contribution in [2.75, 3.05) is 6.61 Å². The van der Waals surface area contributed by atoms with Gasteiger partial charge in [-0.2, -0.15) is 0 Å². The lowest BCUT2D eigenvalue weighted by atomic mass is 10.0. The molecule has 0 aliphatic heterocycles. The molecule has 0 saturated heterocycles. The van der Waals surface area contributed by atoms with E-state index in [4.69, 9.17) is 4.74 Å². The Kier molecular flexibility index (Phi) is 8.15. The second kappa shape index (κ2) is 10.9. The first-order chi connectivity index (χ1) is 12.7. The lowest BCUT2D eigenvalue weighted by molar-refractivity contribution is -0.452. The van der Waals surface area contributed by atoms with E-state index in [1.54, 1.807) is 24.3 Å². The van der Waals surface area contributed by atoms with Crippen LogP contribution in [0.15, 0.2) is 54.6 Å². The van der Waals surface area contributed by atoms with Gasteiger partial charge in [-0.1, -0.05) is 68.7 Å². The fourth-order valence-electron chi connectivity index (χ4n) is 2.26. The Balaban J connectivity index is 1.70. The van der Waals surface area contributed by atoms with Gasteiger partial charge in [0.25, 0.3) is 0 Å². The van der Waals surface area contributed by atoms with Crippen LogP contribution in [0.4, 0.5) is 4.79 Å². The van der Waals surface area contributed by atoms with E-state index in [1.165, 1.54) is 0 Å². The molecular formula is C20H22O6. The number of unbranched alkanes of at least 4 members (excludes halogenated alkanes) is 3. The average molecular weight is 358 g/mol. The molecule has 0 bridgehead atoms. The highest BCUT2D eigenvalue weighted by molar-refractivity contribution is 5.89. The molecule has 0 aliphatic carbocycles. The normalized spacial score (nSPS) is 10.2. The number of benzene rings is 2. The number of rotatable bonds is 9. The highest BCUT2D eigenvalue weighted by Crippen LogP contribution is 2.19. The third-order valence-corrected chi connectivity index (χ3v) is 3.66. The van der Waals surface area contributed by atoms with E-state index >= 15 is 0 Å². The first-order valence-corrected chi connectivity index (χ1v) is 8.58. The molecule has 0 aliphatic rings. The lowest BCUT2D eigenvalue weighted by Gasteiger charge is -2.05. The third-order valence-electron chi connectivity index (χ3n) is 3.66. The van der Waals surface area contributed by atoms with E-state index < -0.39 is 12.1 Å². The highest BCUT2D eigenvalue weighted by Gasteiger charge is 2.12. The van der Waals surface area contributed by atoms with Gasteiger partial charge in [-0.05, 0) is 29.7 Å². The van der Waals surface area contributed by atoms with E-state index in [0.717, 1.165) is 36.8 Å². The zero-order chi connectivity index (χ0) is 18.6. The molecule has 0 radical (unpaired) electrons. The van der Waals surface area contributed by atoms with Crippen molar-refractivity contribution in [3.05, 3.63) is 60.2 Å². The van der Waals surface area contributed by atoms with E-state index in [0.29, 0.717) is 0 Å². The maximum atomic E-state index is 11.8. The first-order valence-electron chi connectivity index (χ1n) is 8.58. The molecule has 2 aromatic rings. The van der Waals surface area contributed by atoms with Gasteiger partial charge in [-0.15, -0.1) is 0 Å². The van der Waals surface area contributed by atoms with Crippen LogP contribution in [0.2, 0.25) is 0 Å². The molecule has 0 aromatic heterocycles. The molecule has 0 atom stereocenters. The number of carbonyl (C=O) groups excluding carboxylic acids is 2. The largest absolute Gasteiger partial charge is 0.543 e. The first kappa shape index (κ1) is 19.5. The number of ether oxygens (including phenoxy) is 1. The maximum Gasteiger partial charge on any atom is 0.543 e. The molecule has 138 valence electrons. The molecule has 0 amide bonds. The highest BCUT2D eigenvalue weighted by atomic mass is 17.5. The standard InChI is InChI=1S/C20H22O6/c1-2-3-4-8-15-23-20(22)25-26-24-19(21)18-13-11-17(12-14-18)16-9-6-5-7-10-16/h5-7,9-14H,2-4,8,15H2,1H3. The van der Waals surface area contributed by atoms with Crippen molar-refractivity contribution in [2.24, 2.45) is 0 Å². The minimum absolute atomic E-state index is 0.233. The Morgan fingerprint density at radius 2 is 1.50 bits per heavy atom. The van der Waals surface area contributed by atoms with Crippen molar-refractivity contribution >= 4 is 12.1 Å². The SMILES string of the molecule is CCCCCCOC(=O)OOOC(=O)c1ccc(-c2ccccc2)cc1. The summed E-state index contributed by atoms with van der Waals surface area (Å²) in [7, 11) is 0. The Morgan fingerprint density at radius 3 is 2.19 bits per heavy atom. The molecule has 0 fully saturated rings. The minimum Gasteiger partial charge on any atom is -0.432 e. The second-order valence-corrected chi connectivity index (χ2v) is 5.62. The summed E-state index contributed by atoms with van der Waals surface area (Å²) in [6, 6.07) is 16.5. The van der Waals surface area contributed by atoms with E-state index in [1.807, 2.05) is 30.3 Å². The predicted octanol–water partition coefficient (Wildman–Crippen LogP) is 5.09. The molecule has 0 N–H and O–H groups in total. The molecular weight excluding hydrogens is 336 g/mol. The second-order valence-electron chi connectivity index (χ2n) is 5.62. The molecule has 0 saturated carbocycles. The van der Waals surface area contributed by atoms with Crippen LogP contribution in [0.5, 0.6) is 0 Å². The zero-order valence-corrected chi connectivity index (χ0v) is 14.7. The number of hydrogen-bond donors (Lipinski definition) is 0. The molecule has 0 unspecified atom stereocenters. The molecule has 2 rings (SSSR count). The molecule has 0 heterocycles. The van der Waals surface area contributed by atoms with Gasteiger partial charge in [0, 0.05) is 0 Å². The van der Waals surface area contributed by atoms with Crippen LogP contribution in [0.25, 0.3) is 11.1 Å². The summed E-state index contributed by atoms with van der Waals surface area (Å²) in [6.07, 6.45) is 2.84. The van der Waals surface area contributed by atoms with Gasteiger partial charge in [0.15, 0.2) is 0 Å². The fraction of sp³-hybridized carbons (Fsp3) is 0.300. The van der Waals surface area contributed by atoms with Gasteiger partial charge in [-0.3, -0.25) is 4.89 Å². The van der Waals surface area contributed by atoms with Crippen molar-refractivity contribution < 1.29 is 29.1 Å². The molecule has 0 spiro atoms. The average Bonchev–Trinajstić information content (AvgIpc) is 2.68. The summed E-state index contributed by atoms with van der Waals surface area (Å²) in [4.78, 5) is 31.7. The van der Waals surface area contributed by atoms with Crippen molar-refractivity contribution in [1.82, 2.24) is 0 Å². The summed E-state index contributed by atoms with van der Waals surface area (Å²) >= 11 is 0. The Morgan fingerprint density at radius 1 is 0.808 bits per heavy atom. The van der Waals surface area contributed by atoms with Crippen molar-refractivity contribution in [3.8, 4) is 11.1 Å². The molecule has 2 aromatic carbocycles. The minimum atomic E-state index is -1.05. The van der Waals surface area contributed by atoms with Crippen molar-refractivity contribution in [1.29, 1.82) is 0 Å². The van der Waals surface area contributed by atoms with E-state index in [-0.39, 0.29) is 12.2 Å². The Labute approximate surface area is 152 Å². The monoisotopic (exact) mass is 358 g/mol. The summed E-state index contributed by atoms with van der Waals surface area (Å²) in [5.74, 6) is -0.777. The molecule has 6 nitrogen and oxygen atoms in total. The lowest BCUT2D eigenvalue weighted by Crippen LogP contribution is -2.12. The molecule has 6 heteroatoms. The number of carbonyl (C=O) groups is 2. The smallest absolute Gasteiger partial charge is 0.432 e. The van der Waals surface area contributed by atoms with Crippen LogP contribution in [-0.4, -0.2) is 18.7 Å². The van der Waals surface area contributed by atoms with Gasteiger partial charge in [0.05, 0.1) is 17.2 Å². The fourth-order valence-corrected chi connectivity index (χ4v) is 2.26. The van der Waals surface area contributed by atoms with Crippen molar-refractivity contribution in [2.45, 2.75) is 32.6 Å². The van der Waals surface area contributed by atoms with Gasteiger partial charge < -0.3 is 4.74 Å². The van der Waals surface area contributed by atoms with Crippen LogP contribution >= 0.6 is 0 Å². The third kappa shape index (κ3) is 6.57. The maximum absolute atomic E-state index is 11.8. The Hall–Kier alpha value is -2.86. The van der Waals surface area contributed by atoms with Gasteiger partial charge in [-0.25, -0.2) is 14.5 Å². The van der Waals surface area contributed by atoms with Crippen LogP contribution in [0.1, 0.15) is 43.0 Å². The van der Waals surface area contributed by atoms with Crippen LogP contribution < -0.4 is 0 Å². The van der Waals surface area contributed by atoms with Crippen LogP contribution in [-0.2, 0) is 19.6 Å². The van der Waals surface area contributed by atoms with Gasteiger partial charge >= 0.3 is 12.1 Å². The predicted molar refractivity (Wildman–Crippen MR) is 95.0 cm³/mol.